The fourth-order valence-corrected chi connectivity index (χ4v) is 4.55. The van der Waals surface area contributed by atoms with Crippen molar-refractivity contribution in [1.29, 1.82) is 0 Å². The van der Waals surface area contributed by atoms with Gasteiger partial charge in [-0.25, -0.2) is 0 Å². The third-order valence-corrected chi connectivity index (χ3v) is 6.01. The molecule has 0 unspecified atom stereocenters. The molecule has 2 fully saturated rings. The van der Waals surface area contributed by atoms with Crippen LogP contribution < -0.4 is 5.32 Å². The second kappa shape index (κ2) is 6.35. The van der Waals surface area contributed by atoms with Gasteiger partial charge in [0, 0.05) is 25.7 Å². The molecule has 0 radical (unpaired) electrons. The Labute approximate surface area is 116 Å². The van der Waals surface area contributed by atoms with Crippen LogP contribution in [0.1, 0.15) is 25.7 Å². The molecule has 0 bridgehead atoms. The third kappa shape index (κ3) is 3.56. The van der Waals surface area contributed by atoms with Gasteiger partial charge in [0.2, 0.25) is 0 Å². The highest BCUT2D eigenvalue weighted by atomic mass is 32.2. The fraction of sp³-hybridized carbons (Fsp3) is 0.846. The molecule has 5 nitrogen and oxygen atoms in total. The lowest BCUT2D eigenvalue weighted by Gasteiger charge is -2.34. The summed E-state index contributed by atoms with van der Waals surface area (Å²) in [5, 5.41) is 3.17. The first-order valence-corrected chi connectivity index (χ1v) is 8.51. The summed E-state index contributed by atoms with van der Waals surface area (Å²) in [6, 6.07) is 0.207. The van der Waals surface area contributed by atoms with Crippen LogP contribution in [0.3, 0.4) is 0 Å². The van der Waals surface area contributed by atoms with Gasteiger partial charge >= 0.3 is 0 Å². The summed E-state index contributed by atoms with van der Waals surface area (Å²) >= 11 is 0. The molecule has 6 heteroatoms. The SMILES string of the molecule is C=CCN(C1CC1)S(=O)(=O)N1CCC(CNC)CC1. The van der Waals surface area contributed by atoms with Gasteiger partial charge in [-0.3, -0.25) is 0 Å². The Balaban J connectivity index is 1.97. The molecule has 1 saturated carbocycles. The van der Waals surface area contributed by atoms with E-state index in [2.05, 4.69) is 11.9 Å². The normalized spacial score (nSPS) is 22.8. The average molecular weight is 287 g/mol. The van der Waals surface area contributed by atoms with E-state index in [9.17, 15) is 8.42 Å². The van der Waals surface area contributed by atoms with Crippen LogP contribution in [0, 0.1) is 5.92 Å². The lowest BCUT2D eigenvalue weighted by Crippen LogP contribution is -2.48. The lowest BCUT2D eigenvalue weighted by atomic mass is 9.98. The van der Waals surface area contributed by atoms with E-state index >= 15 is 0 Å². The molecule has 2 aliphatic rings. The number of piperidine rings is 1. The van der Waals surface area contributed by atoms with Gasteiger partial charge in [0.05, 0.1) is 0 Å². The van der Waals surface area contributed by atoms with E-state index in [1.807, 2.05) is 7.05 Å². The molecule has 19 heavy (non-hydrogen) atoms. The van der Waals surface area contributed by atoms with Crippen molar-refractivity contribution in [1.82, 2.24) is 13.9 Å². The van der Waals surface area contributed by atoms with Crippen molar-refractivity contribution in [2.75, 3.05) is 33.2 Å². The van der Waals surface area contributed by atoms with Crippen LogP contribution in [0.25, 0.3) is 0 Å². The molecule has 0 aromatic heterocycles. The second-order valence-electron chi connectivity index (χ2n) is 5.50. The van der Waals surface area contributed by atoms with Crippen molar-refractivity contribution >= 4 is 10.2 Å². The molecule has 0 aromatic rings. The zero-order chi connectivity index (χ0) is 13.9. The Kier molecular flexibility index (Phi) is 5.00. The number of hydrogen-bond acceptors (Lipinski definition) is 3. The molecule has 1 heterocycles. The van der Waals surface area contributed by atoms with Crippen LogP contribution in [-0.4, -0.2) is 56.3 Å². The maximum absolute atomic E-state index is 12.6. The van der Waals surface area contributed by atoms with Gasteiger partial charge in [0.25, 0.3) is 10.2 Å². The lowest BCUT2D eigenvalue weighted by molar-refractivity contribution is 0.253. The summed E-state index contributed by atoms with van der Waals surface area (Å²) in [7, 11) is -1.34. The van der Waals surface area contributed by atoms with Crippen molar-refractivity contribution in [2.45, 2.75) is 31.7 Å². The molecule has 1 aliphatic carbocycles. The third-order valence-electron chi connectivity index (χ3n) is 3.95. The molecule has 1 N–H and O–H groups in total. The molecule has 0 amide bonds. The van der Waals surface area contributed by atoms with E-state index in [-0.39, 0.29) is 6.04 Å². The molecule has 110 valence electrons. The highest BCUT2D eigenvalue weighted by Gasteiger charge is 2.40. The number of nitrogens with one attached hydrogen (secondary N) is 1. The van der Waals surface area contributed by atoms with Crippen molar-refractivity contribution < 1.29 is 8.42 Å². The monoisotopic (exact) mass is 287 g/mol. The minimum absolute atomic E-state index is 0.207. The summed E-state index contributed by atoms with van der Waals surface area (Å²) in [6.45, 7) is 6.38. The van der Waals surface area contributed by atoms with Crippen LogP contribution in [-0.2, 0) is 10.2 Å². The minimum Gasteiger partial charge on any atom is -0.319 e. The van der Waals surface area contributed by atoms with Crippen LogP contribution in [0.5, 0.6) is 0 Å². The van der Waals surface area contributed by atoms with E-state index in [1.165, 1.54) is 0 Å². The summed E-state index contributed by atoms with van der Waals surface area (Å²) in [6.07, 6.45) is 5.57. The Morgan fingerprint density at radius 1 is 1.32 bits per heavy atom. The molecule has 2 rings (SSSR count). The first kappa shape index (κ1) is 15.0. The molecule has 0 atom stereocenters. The topological polar surface area (TPSA) is 52.7 Å². The first-order valence-electron chi connectivity index (χ1n) is 7.12. The fourth-order valence-electron chi connectivity index (χ4n) is 2.70. The van der Waals surface area contributed by atoms with Crippen LogP contribution in [0.15, 0.2) is 12.7 Å². The van der Waals surface area contributed by atoms with Crippen molar-refractivity contribution in [2.24, 2.45) is 5.92 Å². The number of nitrogens with zero attached hydrogens (tertiary/aromatic N) is 2. The number of rotatable bonds is 7. The van der Waals surface area contributed by atoms with E-state index in [1.54, 1.807) is 14.7 Å². The summed E-state index contributed by atoms with van der Waals surface area (Å²) < 4.78 is 28.5. The smallest absolute Gasteiger partial charge is 0.282 e. The molecule has 0 spiro atoms. The van der Waals surface area contributed by atoms with Crippen LogP contribution >= 0.6 is 0 Å². The van der Waals surface area contributed by atoms with Crippen molar-refractivity contribution in [3.63, 3.8) is 0 Å². The zero-order valence-corrected chi connectivity index (χ0v) is 12.5. The standard InChI is InChI=1S/C13H25N3O2S/c1-3-8-16(13-4-5-13)19(17,18)15-9-6-12(7-10-15)11-14-2/h3,12-14H,1,4-11H2,2H3. The Hall–Kier alpha value is -0.430. The van der Waals surface area contributed by atoms with E-state index in [0.717, 1.165) is 32.2 Å². The van der Waals surface area contributed by atoms with Crippen LogP contribution in [0.2, 0.25) is 0 Å². The van der Waals surface area contributed by atoms with Gasteiger partial charge in [-0.1, -0.05) is 6.08 Å². The highest BCUT2D eigenvalue weighted by molar-refractivity contribution is 7.86. The van der Waals surface area contributed by atoms with Crippen molar-refractivity contribution in [3.8, 4) is 0 Å². The van der Waals surface area contributed by atoms with E-state index in [4.69, 9.17) is 0 Å². The summed E-state index contributed by atoms with van der Waals surface area (Å²) in [4.78, 5) is 0. The van der Waals surface area contributed by atoms with Gasteiger partial charge in [0.1, 0.15) is 0 Å². The van der Waals surface area contributed by atoms with Crippen molar-refractivity contribution in [3.05, 3.63) is 12.7 Å². The van der Waals surface area contributed by atoms with Gasteiger partial charge < -0.3 is 5.32 Å². The van der Waals surface area contributed by atoms with Gasteiger partial charge in [-0.15, -0.1) is 6.58 Å². The quantitative estimate of drug-likeness (QED) is 0.705. The van der Waals surface area contributed by atoms with Gasteiger partial charge in [-0.2, -0.15) is 17.0 Å². The first-order chi connectivity index (χ1) is 9.09. The summed E-state index contributed by atoms with van der Waals surface area (Å²) in [5.74, 6) is 0.602. The average Bonchev–Trinajstić information content (AvgIpc) is 3.21. The minimum atomic E-state index is -3.29. The number of hydrogen-bond donors (Lipinski definition) is 1. The predicted molar refractivity (Wildman–Crippen MR) is 77.1 cm³/mol. The van der Waals surface area contributed by atoms with Crippen LogP contribution in [0.4, 0.5) is 0 Å². The Bertz CT molecular complexity index is 398. The largest absolute Gasteiger partial charge is 0.319 e. The molecule has 1 saturated heterocycles. The van der Waals surface area contributed by atoms with Gasteiger partial charge in [-0.05, 0) is 45.2 Å². The molecular formula is C13H25N3O2S. The van der Waals surface area contributed by atoms with E-state index in [0.29, 0.717) is 25.6 Å². The molecule has 0 aromatic carbocycles. The maximum atomic E-state index is 12.6. The Morgan fingerprint density at radius 3 is 2.42 bits per heavy atom. The zero-order valence-electron chi connectivity index (χ0n) is 11.7. The second-order valence-corrected chi connectivity index (χ2v) is 7.38. The molecule has 1 aliphatic heterocycles. The van der Waals surface area contributed by atoms with Gasteiger partial charge in [0.15, 0.2) is 0 Å². The van der Waals surface area contributed by atoms with E-state index < -0.39 is 10.2 Å². The highest BCUT2D eigenvalue weighted by Crippen LogP contribution is 2.31. The Morgan fingerprint density at radius 2 is 1.95 bits per heavy atom. The summed E-state index contributed by atoms with van der Waals surface area (Å²) in [5.41, 5.74) is 0. The maximum Gasteiger partial charge on any atom is 0.282 e. The molecular weight excluding hydrogens is 262 g/mol. The predicted octanol–water partition coefficient (Wildman–Crippen LogP) is 0.813.